The van der Waals surface area contributed by atoms with Crippen molar-refractivity contribution >= 4 is 5.91 Å². The lowest BCUT2D eigenvalue weighted by atomic mass is 10.1. The smallest absolute Gasteiger partial charge is 0.251 e. The molecule has 1 heterocycles. The predicted molar refractivity (Wildman–Crippen MR) is 108 cm³/mol. The van der Waals surface area contributed by atoms with Gasteiger partial charge in [0.05, 0.1) is 5.69 Å². The van der Waals surface area contributed by atoms with Crippen molar-refractivity contribution in [1.29, 1.82) is 0 Å². The van der Waals surface area contributed by atoms with E-state index in [9.17, 15) is 4.79 Å². The molecule has 5 nitrogen and oxygen atoms in total. The molecule has 3 rings (SSSR count). The van der Waals surface area contributed by atoms with Gasteiger partial charge in [-0.25, -0.2) is 4.68 Å². The molecule has 0 unspecified atom stereocenters. The van der Waals surface area contributed by atoms with Gasteiger partial charge in [0, 0.05) is 31.0 Å². The molecule has 1 aromatic heterocycles. The highest BCUT2D eigenvalue weighted by Crippen LogP contribution is 2.13. The van der Waals surface area contributed by atoms with Crippen molar-refractivity contribution in [1.82, 2.24) is 20.0 Å². The highest BCUT2D eigenvalue weighted by Gasteiger charge is 2.09. The van der Waals surface area contributed by atoms with Crippen molar-refractivity contribution in [3.63, 3.8) is 0 Å². The van der Waals surface area contributed by atoms with Crippen LogP contribution in [-0.4, -0.2) is 33.7 Å². The fraction of sp³-hybridized carbons (Fsp3) is 0.273. The largest absolute Gasteiger partial charge is 0.348 e. The third-order valence-electron chi connectivity index (χ3n) is 4.74. The van der Waals surface area contributed by atoms with Crippen molar-refractivity contribution in [2.75, 3.05) is 13.1 Å². The molecule has 0 aliphatic carbocycles. The molecule has 3 aromatic rings. The zero-order valence-electron chi connectivity index (χ0n) is 15.9. The predicted octanol–water partition coefficient (Wildman–Crippen LogP) is 3.64. The summed E-state index contributed by atoms with van der Waals surface area (Å²) in [5, 5.41) is 7.24. The molecule has 0 radical (unpaired) electrons. The zero-order valence-corrected chi connectivity index (χ0v) is 15.9. The molecule has 27 heavy (non-hydrogen) atoms. The topological polar surface area (TPSA) is 50.2 Å². The first-order valence-corrected chi connectivity index (χ1v) is 9.38. The van der Waals surface area contributed by atoms with Gasteiger partial charge < -0.3 is 5.32 Å². The summed E-state index contributed by atoms with van der Waals surface area (Å²) in [6.07, 6.45) is 3.61. The molecule has 0 saturated carbocycles. The number of nitrogens with zero attached hydrogens (tertiary/aromatic N) is 3. The van der Waals surface area contributed by atoms with E-state index in [0.29, 0.717) is 12.1 Å². The second kappa shape index (κ2) is 9.14. The molecule has 0 spiro atoms. The molecule has 1 amide bonds. The number of aromatic nitrogens is 2. The SMILES string of the molecule is CCN(CC)Cc1ccccc1CNC(=O)c1ccc(-n2cccn2)cc1. The summed E-state index contributed by atoms with van der Waals surface area (Å²) in [4.78, 5) is 14.9. The number of hydrogen-bond donors (Lipinski definition) is 1. The van der Waals surface area contributed by atoms with E-state index in [2.05, 4.69) is 47.4 Å². The summed E-state index contributed by atoms with van der Waals surface area (Å²) in [5.74, 6) is -0.0698. The molecule has 0 fully saturated rings. The van der Waals surface area contributed by atoms with Gasteiger partial charge in [-0.05, 0) is 54.5 Å². The van der Waals surface area contributed by atoms with E-state index in [1.807, 2.05) is 42.6 Å². The van der Waals surface area contributed by atoms with Gasteiger partial charge in [-0.2, -0.15) is 5.10 Å². The van der Waals surface area contributed by atoms with Crippen molar-refractivity contribution in [2.45, 2.75) is 26.9 Å². The van der Waals surface area contributed by atoms with Gasteiger partial charge in [0.1, 0.15) is 0 Å². The summed E-state index contributed by atoms with van der Waals surface area (Å²) in [7, 11) is 0. The maximum atomic E-state index is 12.5. The normalized spacial score (nSPS) is 10.9. The van der Waals surface area contributed by atoms with Crippen LogP contribution in [0.4, 0.5) is 0 Å². The molecular formula is C22H26N4O. The van der Waals surface area contributed by atoms with Gasteiger partial charge in [-0.1, -0.05) is 38.1 Å². The Labute approximate surface area is 160 Å². The fourth-order valence-corrected chi connectivity index (χ4v) is 3.04. The van der Waals surface area contributed by atoms with Gasteiger partial charge in [0.15, 0.2) is 0 Å². The van der Waals surface area contributed by atoms with Crippen molar-refractivity contribution in [2.24, 2.45) is 0 Å². The molecule has 0 saturated heterocycles. The zero-order chi connectivity index (χ0) is 19.1. The van der Waals surface area contributed by atoms with Crippen LogP contribution in [0.25, 0.3) is 5.69 Å². The van der Waals surface area contributed by atoms with E-state index in [4.69, 9.17) is 0 Å². The highest BCUT2D eigenvalue weighted by atomic mass is 16.1. The van der Waals surface area contributed by atoms with E-state index < -0.39 is 0 Å². The maximum absolute atomic E-state index is 12.5. The minimum absolute atomic E-state index is 0.0698. The standard InChI is InChI=1S/C22H26N4O/c1-3-25(4-2)17-20-9-6-5-8-19(20)16-23-22(27)18-10-12-21(13-11-18)26-15-7-14-24-26/h5-15H,3-4,16-17H2,1-2H3,(H,23,27). The number of carbonyl (C=O) groups excluding carboxylic acids is 1. The van der Waals surface area contributed by atoms with E-state index >= 15 is 0 Å². The molecule has 0 aliphatic heterocycles. The molecular weight excluding hydrogens is 336 g/mol. The van der Waals surface area contributed by atoms with Crippen LogP contribution in [0.15, 0.2) is 67.0 Å². The Balaban J connectivity index is 1.64. The first-order valence-electron chi connectivity index (χ1n) is 9.38. The van der Waals surface area contributed by atoms with Crippen molar-refractivity contribution in [3.8, 4) is 5.69 Å². The molecule has 2 aromatic carbocycles. The fourth-order valence-electron chi connectivity index (χ4n) is 3.04. The van der Waals surface area contributed by atoms with E-state index in [0.717, 1.165) is 30.9 Å². The summed E-state index contributed by atoms with van der Waals surface area (Å²) < 4.78 is 1.77. The molecule has 5 heteroatoms. The lowest BCUT2D eigenvalue weighted by Crippen LogP contribution is -2.26. The van der Waals surface area contributed by atoms with Crippen LogP contribution in [-0.2, 0) is 13.1 Å². The van der Waals surface area contributed by atoms with Gasteiger partial charge >= 0.3 is 0 Å². The number of amides is 1. The van der Waals surface area contributed by atoms with Gasteiger partial charge in [-0.15, -0.1) is 0 Å². The Morgan fingerprint density at radius 2 is 1.70 bits per heavy atom. The monoisotopic (exact) mass is 362 g/mol. The molecule has 0 atom stereocenters. The van der Waals surface area contributed by atoms with Gasteiger partial charge in [-0.3, -0.25) is 9.69 Å². The second-order valence-corrected chi connectivity index (χ2v) is 6.41. The Kier molecular flexibility index (Phi) is 6.39. The second-order valence-electron chi connectivity index (χ2n) is 6.41. The minimum Gasteiger partial charge on any atom is -0.348 e. The summed E-state index contributed by atoms with van der Waals surface area (Å²) >= 11 is 0. The minimum atomic E-state index is -0.0698. The first kappa shape index (κ1) is 18.9. The molecule has 0 aliphatic rings. The first-order chi connectivity index (χ1) is 13.2. The van der Waals surface area contributed by atoms with Gasteiger partial charge in [0.25, 0.3) is 5.91 Å². The summed E-state index contributed by atoms with van der Waals surface area (Å²) in [6, 6.07) is 17.6. The summed E-state index contributed by atoms with van der Waals surface area (Å²) in [5.41, 5.74) is 4.00. The van der Waals surface area contributed by atoms with Crippen molar-refractivity contribution in [3.05, 3.63) is 83.7 Å². The quantitative estimate of drug-likeness (QED) is 0.665. The van der Waals surface area contributed by atoms with Crippen molar-refractivity contribution < 1.29 is 4.79 Å². The van der Waals surface area contributed by atoms with Crippen LogP contribution >= 0.6 is 0 Å². The van der Waals surface area contributed by atoms with E-state index in [1.165, 1.54) is 5.56 Å². The van der Waals surface area contributed by atoms with Crippen LogP contribution in [0.5, 0.6) is 0 Å². The lowest BCUT2D eigenvalue weighted by molar-refractivity contribution is 0.0950. The lowest BCUT2D eigenvalue weighted by Gasteiger charge is -2.20. The molecule has 1 N–H and O–H groups in total. The maximum Gasteiger partial charge on any atom is 0.251 e. The Morgan fingerprint density at radius 3 is 2.33 bits per heavy atom. The van der Waals surface area contributed by atoms with Gasteiger partial charge in [0.2, 0.25) is 0 Å². The number of carbonyl (C=O) groups is 1. The Bertz CT molecular complexity index is 852. The van der Waals surface area contributed by atoms with Crippen LogP contribution in [0.1, 0.15) is 35.3 Å². The third kappa shape index (κ3) is 4.83. The third-order valence-corrected chi connectivity index (χ3v) is 4.74. The Morgan fingerprint density at radius 1 is 1.00 bits per heavy atom. The Hall–Kier alpha value is -2.92. The number of nitrogens with one attached hydrogen (secondary N) is 1. The highest BCUT2D eigenvalue weighted by molar-refractivity contribution is 5.94. The summed E-state index contributed by atoms with van der Waals surface area (Å²) in [6.45, 7) is 7.79. The van der Waals surface area contributed by atoms with Crippen LogP contribution in [0, 0.1) is 0 Å². The van der Waals surface area contributed by atoms with E-state index in [1.54, 1.807) is 10.9 Å². The average molecular weight is 362 g/mol. The van der Waals surface area contributed by atoms with Crippen LogP contribution in [0.3, 0.4) is 0 Å². The number of benzene rings is 2. The van der Waals surface area contributed by atoms with Crippen LogP contribution in [0.2, 0.25) is 0 Å². The number of rotatable bonds is 8. The molecule has 0 bridgehead atoms. The number of hydrogen-bond acceptors (Lipinski definition) is 3. The average Bonchev–Trinajstić information content (AvgIpc) is 3.26. The molecule has 140 valence electrons. The van der Waals surface area contributed by atoms with E-state index in [-0.39, 0.29) is 5.91 Å². The van der Waals surface area contributed by atoms with Crippen LogP contribution < -0.4 is 5.32 Å².